The molecule has 0 saturated heterocycles. The number of H-pyrrole nitrogens is 1. The summed E-state index contributed by atoms with van der Waals surface area (Å²) in [6.45, 7) is 0.485. The van der Waals surface area contributed by atoms with Gasteiger partial charge in [0.05, 0.1) is 11.1 Å². The first-order chi connectivity index (χ1) is 21.3. The summed E-state index contributed by atoms with van der Waals surface area (Å²) in [7, 11) is 0. The molecule has 1 aromatic heterocycles. The van der Waals surface area contributed by atoms with E-state index in [1.165, 1.54) is 24.3 Å². The number of carbonyl (C=O) groups excluding carboxylic acids is 3. The molecule has 3 amide bonds. The maximum Gasteiger partial charge on any atom is 0.255 e. The summed E-state index contributed by atoms with van der Waals surface area (Å²) >= 11 is 0. The highest BCUT2D eigenvalue weighted by Gasteiger charge is 2.20. The standard InChI is InChI=1S/C35H28FN5O3/c36-23-12-9-21(10-13-23)35(44)41-29-8-4-7-24(28(29)18-37)25-15-16-27(33(38)42)32-31(25)26-14-11-22(17-30(26)40-32)34(43)39-19-20-5-2-1-3-6-20/h1-17,40H,18-19,37H2,(H2,38,42)(H,39,43)(H,41,44). The summed E-state index contributed by atoms with van der Waals surface area (Å²) in [6, 6.07) is 29.1. The zero-order valence-electron chi connectivity index (χ0n) is 23.5. The summed E-state index contributed by atoms with van der Waals surface area (Å²) in [5.74, 6) is -1.68. The number of amides is 3. The van der Waals surface area contributed by atoms with Gasteiger partial charge in [-0.05, 0) is 70.8 Å². The van der Waals surface area contributed by atoms with E-state index in [9.17, 15) is 18.8 Å². The van der Waals surface area contributed by atoms with Crippen LogP contribution in [0.15, 0.2) is 103 Å². The number of nitrogens with one attached hydrogen (secondary N) is 3. The first-order valence-electron chi connectivity index (χ1n) is 13.9. The molecule has 8 nitrogen and oxygen atoms in total. The number of aromatic amines is 1. The minimum absolute atomic E-state index is 0.0996. The number of benzene rings is 5. The summed E-state index contributed by atoms with van der Waals surface area (Å²) < 4.78 is 13.4. The van der Waals surface area contributed by atoms with Crippen molar-refractivity contribution >= 4 is 45.2 Å². The van der Waals surface area contributed by atoms with Gasteiger partial charge in [0.1, 0.15) is 5.82 Å². The molecule has 44 heavy (non-hydrogen) atoms. The number of halogens is 1. The van der Waals surface area contributed by atoms with Crippen molar-refractivity contribution in [1.82, 2.24) is 10.3 Å². The third-order valence-electron chi connectivity index (χ3n) is 7.60. The van der Waals surface area contributed by atoms with Crippen molar-refractivity contribution < 1.29 is 18.8 Å². The van der Waals surface area contributed by atoms with Crippen molar-refractivity contribution in [1.29, 1.82) is 0 Å². The SMILES string of the molecule is NCc1c(NC(=O)c2ccc(F)cc2)cccc1-c1ccc(C(N)=O)c2[nH]c3cc(C(=O)NCc4ccccc4)ccc3c12. The van der Waals surface area contributed by atoms with Crippen molar-refractivity contribution in [3.05, 3.63) is 137 Å². The van der Waals surface area contributed by atoms with Crippen molar-refractivity contribution in [2.24, 2.45) is 11.5 Å². The molecule has 1 heterocycles. The third kappa shape index (κ3) is 5.39. The summed E-state index contributed by atoms with van der Waals surface area (Å²) in [4.78, 5) is 41.7. The summed E-state index contributed by atoms with van der Waals surface area (Å²) in [5, 5.41) is 7.34. The van der Waals surface area contributed by atoms with Crippen LogP contribution >= 0.6 is 0 Å². The van der Waals surface area contributed by atoms with Crippen LogP contribution in [-0.4, -0.2) is 22.7 Å². The van der Waals surface area contributed by atoms with E-state index in [2.05, 4.69) is 15.6 Å². The normalized spacial score (nSPS) is 11.0. The maximum absolute atomic E-state index is 13.4. The van der Waals surface area contributed by atoms with Crippen LogP contribution in [0.25, 0.3) is 32.9 Å². The molecule has 0 bridgehead atoms. The van der Waals surface area contributed by atoms with Gasteiger partial charge in [0.15, 0.2) is 0 Å². The second-order valence-corrected chi connectivity index (χ2v) is 10.3. The average molecular weight is 586 g/mol. The first kappa shape index (κ1) is 28.3. The second-order valence-electron chi connectivity index (χ2n) is 10.3. The number of anilines is 1. The van der Waals surface area contributed by atoms with Crippen LogP contribution in [0, 0.1) is 5.82 Å². The number of aromatic nitrogens is 1. The molecule has 6 rings (SSSR count). The van der Waals surface area contributed by atoms with Crippen molar-refractivity contribution in [3.8, 4) is 11.1 Å². The van der Waals surface area contributed by atoms with E-state index >= 15 is 0 Å². The summed E-state index contributed by atoms with van der Waals surface area (Å²) in [6.07, 6.45) is 0. The molecule has 5 aromatic carbocycles. The molecule has 6 aromatic rings. The molecule has 0 radical (unpaired) electrons. The molecule has 9 heteroatoms. The molecule has 0 spiro atoms. The number of nitrogens with two attached hydrogens (primary N) is 2. The first-order valence-corrected chi connectivity index (χ1v) is 13.9. The molecule has 0 atom stereocenters. The van der Waals surface area contributed by atoms with Gasteiger partial charge in [-0.2, -0.15) is 0 Å². The molecule has 0 aliphatic carbocycles. The Morgan fingerprint density at radius 1 is 0.773 bits per heavy atom. The van der Waals surface area contributed by atoms with Crippen molar-refractivity contribution in [2.75, 3.05) is 5.32 Å². The van der Waals surface area contributed by atoms with Gasteiger partial charge in [-0.3, -0.25) is 14.4 Å². The van der Waals surface area contributed by atoms with E-state index in [0.717, 1.165) is 27.5 Å². The van der Waals surface area contributed by atoms with Crippen LogP contribution in [-0.2, 0) is 13.1 Å². The van der Waals surface area contributed by atoms with Crippen molar-refractivity contribution in [2.45, 2.75) is 13.1 Å². The van der Waals surface area contributed by atoms with Crippen LogP contribution in [0.2, 0.25) is 0 Å². The van der Waals surface area contributed by atoms with Gasteiger partial charge in [-0.1, -0.05) is 54.6 Å². The summed E-state index contributed by atoms with van der Waals surface area (Å²) in [5.41, 5.74) is 17.9. The molecule has 0 saturated carbocycles. The molecule has 0 aliphatic heterocycles. The Hall–Kier alpha value is -5.80. The Balaban J connectivity index is 1.42. The highest BCUT2D eigenvalue weighted by molar-refractivity contribution is 6.20. The number of rotatable bonds is 8. The van der Waals surface area contributed by atoms with Crippen molar-refractivity contribution in [3.63, 3.8) is 0 Å². The zero-order chi connectivity index (χ0) is 30.8. The molecule has 0 fully saturated rings. The Morgan fingerprint density at radius 3 is 2.25 bits per heavy atom. The number of hydrogen-bond donors (Lipinski definition) is 5. The van der Waals surface area contributed by atoms with Gasteiger partial charge >= 0.3 is 0 Å². The van der Waals surface area contributed by atoms with Gasteiger partial charge < -0.3 is 27.1 Å². The van der Waals surface area contributed by atoms with Crippen LogP contribution in [0.3, 0.4) is 0 Å². The molecule has 218 valence electrons. The van der Waals surface area contributed by atoms with Crippen LogP contribution in [0.4, 0.5) is 10.1 Å². The highest BCUT2D eigenvalue weighted by atomic mass is 19.1. The lowest BCUT2D eigenvalue weighted by atomic mass is 9.92. The number of carbonyl (C=O) groups is 3. The Morgan fingerprint density at radius 2 is 1.52 bits per heavy atom. The number of primary amides is 1. The maximum atomic E-state index is 13.4. The van der Waals surface area contributed by atoms with E-state index in [-0.39, 0.29) is 12.5 Å². The lowest BCUT2D eigenvalue weighted by Crippen LogP contribution is -2.22. The average Bonchev–Trinajstić information content (AvgIpc) is 3.42. The van der Waals surface area contributed by atoms with Gasteiger partial charge in [-0.25, -0.2) is 4.39 Å². The fourth-order valence-corrected chi connectivity index (χ4v) is 5.44. The van der Waals surface area contributed by atoms with Gasteiger partial charge in [0.25, 0.3) is 17.7 Å². The monoisotopic (exact) mass is 585 g/mol. The molecule has 0 unspecified atom stereocenters. The van der Waals surface area contributed by atoms with Gasteiger partial charge in [-0.15, -0.1) is 0 Å². The van der Waals surface area contributed by atoms with E-state index in [4.69, 9.17) is 11.5 Å². The van der Waals surface area contributed by atoms with Crippen LogP contribution < -0.4 is 22.1 Å². The topological polar surface area (TPSA) is 143 Å². The minimum Gasteiger partial charge on any atom is -0.366 e. The predicted octanol–water partition coefficient (Wildman–Crippen LogP) is 5.87. The number of fused-ring (bicyclic) bond motifs is 3. The third-order valence-corrected chi connectivity index (χ3v) is 7.60. The Bertz CT molecular complexity index is 2050. The molecule has 0 aliphatic rings. The lowest BCUT2D eigenvalue weighted by Gasteiger charge is -2.16. The fourth-order valence-electron chi connectivity index (χ4n) is 5.44. The largest absolute Gasteiger partial charge is 0.366 e. The quantitative estimate of drug-likeness (QED) is 0.152. The Labute approximate surface area is 251 Å². The van der Waals surface area contributed by atoms with E-state index in [1.54, 1.807) is 36.4 Å². The fraction of sp³-hybridized carbons (Fsp3) is 0.0571. The highest BCUT2D eigenvalue weighted by Crippen LogP contribution is 2.39. The van der Waals surface area contributed by atoms with Crippen LogP contribution in [0.5, 0.6) is 0 Å². The minimum atomic E-state index is -0.603. The lowest BCUT2D eigenvalue weighted by molar-refractivity contribution is 0.0949. The second kappa shape index (κ2) is 11.8. The smallest absolute Gasteiger partial charge is 0.255 e. The molecular weight excluding hydrogens is 557 g/mol. The zero-order valence-corrected chi connectivity index (χ0v) is 23.5. The Kier molecular flexibility index (Phi) is 7.61. The predicted molar refractivity (Wildman–Crippen MR) is 170 cm³/mol. The van der Waals surface area contributed by atoms with E-state index in [0.29, 0.717) is 45.5 Å². The number of hydrogen-bond acceptors (Lipinski definition) is 4. The van der Waals surface area contributed by atoms with Gasteiger partial charge in [0.2, 0.25) is 0 Å². The van der Waals surface area contributed by atoms with E-state index in [1.807, 2.05) is 42.5 Å². The van der Waals surface area contributed by atoms with Crippen LogP contribution in [0.1, 0.15) is 42.2 Å². The van der Waals surface area contributed by atoms with E-state index < -0.39 is 17.6 Å². The van der Waals surface area contributed by atoms with Gasteiger partial charge in [0, 0.05) is 46.2 Å². The molecule has 7 N–H and O–H groups in total. The molecular formula is C35H28FN5O3.